The van der Waals surface area contributed by atoms with Gasteiger partial charge in [-0.05, 0) is 39.0 Å². The standard InChI is InChI=1S/C15H21N.C2H6/c1-7-10-14(6)16(13(4)5)15(11-8-2)12-9-3;1-2/h7-12H,1-2,4H2,3,5-6H3;1-2H3/b12-9-,14-10+,15-11+;. The number of rotatable bonds is 6. The lowest BCUT2D eigenvalue weighted by molar-refractivity contribution is 0.547. The number of hydrogen-bond acceptors (Lipinski definition) is 1. The lowest BCUT2D eigenvalue weighted by atomic mass is 10.2. The van der Waals surface area contributed by atoms with Crippen molar-refractivity contribution in [1.82, 2.24) is 4.90 Å². The molecule has 0 aromatic heterocycles. The molecule has 0 N–H and O–H groups in total. The van der Waals surface area contributed by atoms with Crippen molar-refractivity contribution >= 4 is 0 Å². The van der Waals surface area contributed by atoms with Gasteiger partial charge in [0.05, 0.1) is 0 Å². The first kappa shape index (κ1) is 18.6. The molecule has 0 radical (unpaired) electrons. The van der Waals surface area contributed by atoms with Crippen molar-refractivity contribution in [2.45, 2.75) is 34.6 Å². The normalized spacial score (nSPS) is 11.6. The molecule has 0 aromatic carbocycles. The molecule has 0 unspecified atom stereocenters. The molecule has 0 atom stereocenters. The van der Waals surface area contributed by atoms with Crippen molar-refractivity contribution in [3.05, 3.63) is 73.3 Å². The molecule has 0 amide bonds. The van der Waals surface area contributed by atoms with Crippen molar-refractivity contribution in [1.29, 1.82) is 0 Å². The van der Waals surface area contributed by atoms with Crippen molar-refractivity contribution < 1.29 is 0 Å². The second kappa shape index (κ2) is 11.7. The van der Waals surface area contributed by atoms with E-state index in [0.29, 0.717) is 0 Å². The van der Waals surface area contributed by atoms with Gasteiger partial charge in [0.15, 0.2) is 0 Å². The number of allylic oxidation sites excluding steroid dienone is 8. The van der Waals surface area contributed by atoms with Crippen LogP contribution >= 0.6 is 0 Å². The van der Waals surface area contributed by atoms with Gasteiger partial charge in [-0.15, -0.1) is 0 Å². The Morgan fingerprint density at radius 3 is 1.83 bits per heavy atom. The Kier molecular flexibility index (Phi) is 12.1. The van der Waals surface area contributed by atoms with E-state index < -0.39 is 0 Å². The lowest BCUT2D eigenvalue weighted by Gasteiger charge is -2.26. The average molecular weight is 245 g/mol. The van der Waals surface area contributed by atoms with E-state index in [1.54, 1.807) is 12.2 Å². The Morgan fingerprint density at radius 1 is 1.00 bits per heavy atom. The topological polar surface area (TPSA) is 3.24 Å². The highest BCUT2D eigenvalue weighted by Gasteiger charge is 2.08. The van der Waals surface area contributed by atoms with Gasteiger partial charge in [-0.3, -0.25) is 0 Å². The zero-order valence-electron chi connectivity index (χ0n) is 12.5. The zero-order chi connectivity index (χ0) is 14.6. The summed E-state index contributed by atoms with van der Waals surface area (Å²) >= 11 is 0. The van der Waals surface area contributed by atoms with Crippen molar-refractivity contribution in [3.8, 4) is 0 Å². The second-order valence-electron chi connectivity index (χ2n) is 3.44. The fraction of sp³-hybridized carbons (Fsp3) is 0.294. The van der Waals surface area contributed by atoms with Gasteiger partial charge in [-0.1, -0.05) is 51.8 Å². The van der Waals surface area contributed by atoms with E-state index in [-0.39, 0.29) is 0 Å². The number of nitrogens with zero attached hydrogens (tertiary/aromatic N) is 1. The van der Waals surface area contributed by atoms with Crippen LogP contribution in [0.1, 0.15) is 34.6 Å². The van der Waals surface area contributed by atoms with Crippen LogP contribution in [0.5, 0.6) is 0 Å². The minimum Gasteiger partial charge on any atom is -0.319 e. The molecule has 0 aliphatic heterocycles. The van der Waals surface area contributed by atoms with E-state index in [9.17, 15) is 0 Å². The maximum Gasteiger partial charge on any atom is 0.0451 e. The fourth-order valence-corrected chi connectivity index (χ4v) is 1.47. The monoisotopic (exact) mass is 245 g/mol. The Morgan fingerprint density at radius 2 is 1.50 bits per heavy atom. The molecular formula is C17H27N. The smallest absolute Gasteiger partial charge is 0.0451 e. The summed E-state index contributed by atoms with van der Waals surface area (Å²) in [6.45, 7) is 21.4. The SMILES string of the molecule is C=C/C=C(\C)N(C(=C)C)C(/C=C\C)=C/C=C.CC. The van der Waals surface area contributed by atoms with Crippen LogP contribution < -0.4 is 0 Å². The molecule has 1 heteroatoms. The summed E-state index contributed by atoms with van der Waals surface area (Å²) < 4.78 is 0. The van der Waals surface area contributed by atoms with Crippen LogP contribution in [0.15, 0.2) is 73.3 Å². The molecule has 0 fully saturated rings. The van der Waals surface area contributed by atoms with E-state index in [2.05, 4.69) is 24.6 Å². The minimum absolute atomic E-state index is 0.960. The predicted molar refractivity (Wildman–Crippen MR) is 85.0 cm³/mol. The molecule has 18 heavy (non-hydrogen) atoms. The first-order valence-electron chi connectivity index (χ1n) is 6.28. The molecule has 0 saturated carbocycles. The van der Waals surface area contributed by atoms with Crippen LogP contribution in [0.4, 0.5) is 0 Å². The van der Waals surface area contributed by atoms with Crippen LogP contribution in [0.25, 0.3) is 0 Å². The van der Waals surface area contributed by atoms with E-state index in [0.717, 1.165) is 17.1 Å². The first-order chi connectivity index (χ1) is 8.58. The molecular weight excluding hydrogens is 218 g/mol. The van der Waals surface area contributed by atoms with Crippen LogP contribution in [-0.4, -0.2) is 4.90 Å². The highest BCUT2D eigenvalue weighted by molar-refractivity contribution is 5.31. The summed E-state index contributed by atoms with van der Waals surface area (Å²) in [5.41, 5.74) is 3.08. The maximum absolute atomic E-state index is 3.99. The molecule has 0 rings (SSSR count). The summed E-state index contributed by atoms with van der Waals surface area (Å²) in [6, 6.07) is 0. The van der Waals surface area contributed by atoms with Crippen molar-refractivity contribution in [2.75, 3.05) is 0 Å². The Labute approximate surface area is 113 Å². The van der Waals surface area contributed by atoms with Crippen LogP contribution in [-0.2, 0) is 0 Å². The van der Waals surface area contributed by atoms with Gasteiger partial charge >= 0.3 is 0 Å². The molecule has 0 aromatic rings. The Bertz CT molecular complexity index is 354. The number of hydrogen-bond donors (Lipinski definition) is 0. The Hall–Kier alpha value is -1.76. The second-order valence-corrected chi connectivity index (χ2v) is 3.44. The fourth-order valence-electron chi connectivity index (χ4n) is 1.47. The summed E-state index contributed by atoms with van der Waals surface area (Å²) in [7, 11) is 0. The third kappa shape index (κ3) is 6.74. The quantitative estimate of drug-likeness (QED) is 0.552. The van der Waals surface area contributed by atoms with E-state index in [1.165, 1.54) is 0 Å². The van der Waals surface area contributed by atoms with Gasteiger partial charge < -0.3 is 4.90 Å². The highest BCUT2D eigenvalue weighted by Crippen LogP contribution is 2.20. The molecule has 0 saturated heterocycles. The van der Waals surface area contributed by atoms with Crippen LogP contribution in [0.2, 0.25) is 0 Å². The molecule has 0 heterocycles. The van der Waals surface area contributed by atoms with E-state index in [1.807, 2.05) is 58.9 Å². The van der Waals surface area contributed by atoms with Gasteiger partial charge in [0.1, 0.15) is 0 Å². The predicted octanol–water partition coefficient (Wildman–Crippen LogP) is 5.58. The van der Waals surface area contributed by atoms with E-state index >= 15 is 0 Å². The van der Waals surface area contributed by atoms with Crippen LogP contribution in [0.3, 0.4) is 0 Å². The van der Waals surface area contributed by atoms with Gasteiger partial charge in [-0.25, -0.2) is 0 Å². The summed E-state index contributed by atoms with van der Waals surface area (Å²) in [5.74, 6) is 0. The summed E-state index contributed by atoms with van der Waals surface area (Å²) in [5, 5.41) is 0. The van der Waals surface area contributed by atoms with E-state index in [4.69, 9.17) is 0 Å². The largest absolute Gasteiger partial charge is 0.319 e. The van der Waals surface area contributed by atoms with Gasteiger partial charge in [-0.2, -0.15) is 0 Å². The van der Waals surface area contributed by atoms with Crippen LogP contribution in [0, 0.1) is 0 Å². The molecule has 0 aliphatic carbocycles. The average Bonchev–Trinajstić information content (AvgIpc) is 2.32. The molecule has 0 spiro atoms. The third-order valence-corrected chi connectivity index (χ3v) is 1.98. The molecule has 0 aliphatic rings. The zero-order valence-corrected chi connectivity index (χ0v) is 12.5. The van der Waals surface area contributed by atoms with Crippen molar-refractivity contribution in [2.24, 2.45) is 0 Å². The van der Waals surface area contributed by atoms with Gasteiger partial charge in [0.25, 0.3) is 0 Å². The van der Waals surface area contributed by atoms with Crippen molar-refractivity contribution in [3.63, 3.8) is 0 Å². The lowest BCUT2D eigenvalue weighted by Crippen LogP contribution is -2.17. The molecule has 1 nitrogen and oxygen atoms in total. The first-order valence-corrected chi connectivity index (χ1v) is 6.28. The van der Waals surface area contributed by atoms with Gasteiger partial charge in [0, 0.05) is 17.1 Å². The highest BCUT2D eigenvalue weighted by atomic mass is 15.1. The third-order valence-electron chi connectivity index (χ3n) is 1.98. The molecule has 100 valence electrons. The Balaban J connectivity index is 0. The molecule has 0 bridgehead atoms. The summed E-state index contributed by atoms with van der Waals surface area (Å²) in [6.07, 6.45) is 11.5. The maximum atomic E-state index is 3.99. The minimum atomic E-state index is 0.960. The summed E-state index contributed by atoms with van der Waals surface area (Å²) in [4.78, 5) is 2.06. The van der Waals surface area contributed by atoms with Gasteiger partial charge in [0.2, 0.25) is 0 Å².